The maximum absolute atomic E-state index is 13.2. The lowest BCUT2D eigenvalue weighted by atomic mass is 9.78. The van der Waals surface area contributed by atoms with Crippen molar-refractivity contribution >= 4 is 11.8 Å². The molecule has 1 spiro atoms. The highest BCUT2D eigenvalue weighted by Gasteiger charge is 2.46. The molecule has 1 saturated heterocycles. The van der Waals surface area contributed by atoms with Gasteiger partial charge in [0.1, 0.15) is 0 Å². The van der Waals surface area contributed by atoms with Gasteiger partial charge in [0.15, 0.2) is 0 Å². The zero-order chi connectivity index (χ0) is 19.4. The van der Waals surface area contributed by atoms with E-state index in [1.807, 2.05) is 23.1 Å². The molecule has 3 aliphatic rings. The molecule has 2 amide bonds. The second kappa shape index (κ2) is 8.67. The molecule has 28 heavy (non-hydrogen) atoms. The fraction of sp³-hybridized carbons (Fsp3) is 0.667. The molecular weight excluding hydrogens is 348 g/mol. The molecule has 0 atom stereocenters. The van der Waals surface area contributed by atoms with Crippen LogP contribution in [0, 0.1) is 5.92 Å². The Bertz CT molecular complexity index is 675. The molecule has 2 saturated carbocycles. The summed E-state index contributed by atoms with van der Waals surface area (Å²) in [7, 11) is 0. The van der Waals surface area contributed by atoms with E-state index < -0.39 is 0 Å². The highest BCUT2D eigenvalue weighted by molar-refractivity contribution is 5.87. The highest BCUT2D eigenvalue weighted by atomic mass is 16.2. The average Bonchev–Trinajstić information content (AvgIpc) is 2.73. The Morgan fingerprint density at radius 2 is 1.64 bits per heavy atom. The van der Waals surface area contributed by atoms with Gasteiger partial charge in [0, 0.05) is 19.5 Å². The van der Waals surface area contributed by atoms with Gasteiger partial charge in [-0.2, -0.15) is 0 Å². The van der Waals surface area contributed by atoms with E-state index in [-0.39, 0.29) is 23.9 Å². The van der Waals surface area contributed by atoms with Crippen molar-refractivity contribution in [2.75, 3.05) is 13.1 Å². The molecule has 2 aliphatic carbocycles. The van der Waals surface area contributed by atoms with Crippen LogP contribution in [0.5, 0.6) is 0 Å². The van der Waals surface area contributed by atoms with Crippen molar-refractivity contribution in [2.45, 2.75) is 82.7 Å². The number of piperazine rings is 1. The summed E-state index contributed by atoms with van der Waals surface area (Å²) in [4.78, 5) is 30.3. The molecule has 0 N–H and O–H groups in total. The highest BCUT2D eigenvalue weighted by Crippen LogP contribution is 2.38. The van der Waals surface area contributed by atoms with E-state index in [0.29, 0.717) is 18.9 Å². The van der Waals surface area contributed by atoms with Gasteiger partial charge in [-0.3, -0.25) is 9.59 Å². The van der Waals surface area contributed by atoms with Crippen molar-refractivity contribution in [1.29, 1.82) is 0 Å². The number of amides is 2. The van der Waals surface area contributed by atoms with Crippen LogP contribution >= 0.6 is 0 Å². The number of hydrogen-bond donors (Lipinski definition) is 0. The Hall–Kier alpha value is -1.84. The molecule has 4 heteroatoms. The Labute approximate surface area is 169 Å². The minimum absolute atomic E-state index is 0.133. The third kappa shape index (κ3) is 4.26. The standard InChI is InChI=1S/C24H34N2O2/c27-22(16-20-10-4-1-5-11-20)25-18-23(28)26(17-21-12-6-2-7-13-21)24(19-25)14-8-3-9-15-24/h2,6-7,12-13,20H,1,3-5,8-11,14-19H2. The second-order valence-corrected chi connectivity index (χ2v) is 9.21. The summed E-state index contributed by atoms with van der Waals surface area (Å²) in [5.41, 5.74) is 1.02. The van der Waals surface area contributed by atoms with Crippen molar-refractivity contribution in [3.63, 3.8) is 0 Å². The van der Waals surface area contributed by atoms with Gasteiger partial charge in [0.25, 0.3) is 0 Å². The summed E-state index contributed by atoms with van der Waals surface area (Å²) in [5.74, 6) is 0.875. The molecule has 0 unspecified atom stereocenters. The molecule has 1 aromatic rings. The first-order valence-corrected chi connectivity index (χ1v) is 11.3. The molecule has 0 radical (unpaired) electrons. The number of carbonyl (C=O) groups excluding carboxylic acids is 2. The van der Waals surface area contributed by atoms with Crippen LogP contribution in [0.1, 0.15) is 76.2 Å². The third-order valence-electron chi connectivity index (χ3n) is 7.19. The molecular formula is C24H34N2O2. The summed E-state index contributed by atoms with van der Waals surface area (Å²) >= 11 is 0. The van der Waals surface area contributed by atoms with Gasteiger partial charge in [-0.05, 0) is 37.2 Å². The SMILES string of the molecule is O=C(CC1CCCCC1)N1CC(=O)N(Cc2ccccc2)C2(CCCCC2)C1. The van der Waals surface area contributed by atoms with Crippen LogP contribution in [-0.2, 0) is 16.1 Å². The van der Waals surface area contributed by atoms with Gasteiger partial charge in [0.2, 0.25) is 11.8 Å². The Kier molecular flexibility index (Phi) is 6.03. The molecule has 0 aromatic heterocycles. The average molecular weight is 383 g/mol. The van der Waals surface area contributed by atoms with E-state index in [1.165, 1.54) is 44.1 Å². The molecule has 3 fully saturated rings. The summed E-state index contributed by atoms with van der Waals surface area (Å²) in [5, 5.41) is 0. The molecule has 1 aliphatic heterocycles. The molecule has 1 aromatic carbocycles. The molecule has 1 heterocycles. The zero-order valence-corrected chi connectivity index (χ0v) is 17.1. The minimum Gasteiger partial charge on any atom is -0.331 e. The van der Waals surface area contributed by atoms with Gasteiger partial charge < -0.3 is 9.80 Å². The van der Waals surface area contributed by atoms with Crippen molar-refractivity contribution in [2.24, 2.45) is 5.92 Å². The van der Waals surface area contributed by atoms with Gasteiger partial charge in [-0.25, -0.2) is 0 Å². The summed E-state index contributed by atoms with van der Waals surface area (Å²) in [6, 6.07) is 10.3. The lowest BCUT2D eigenvalue weighted by Gasteiger charge is -2.52. The van der Waals surface area contributed by atoms with E-state index in [9.17, 15) is 9.59 Å². The lowest BCUT2D eigenvalue weighted by Crippen LogP contribution is -2.66. The predicted octanol–water partition coefficient (Wildman–Crippen LogP) is 4.53. The number of nitrogens with zero attached hydrogens (tertiary/aromatic N) is 2. The Morgan fingerprint density at radius 3 is 2.36 bits per heavy atom. The van der Waals surface area contributed by atoms with E-state index in [1.54, 1.807) is 0 Å². The molecule has 152 valence electrons. The van der Waals surface area contributed by atoms with Crippen molar-refractivity contribution in [3.05, 3.63) is 35.9 Å². The third-order valence-corrected chi connectivity index (χ3v) is 7.19. The maximum Gasteiger partial charge on any atom is 0.243 e. The first-order chi connectivity index (χ1) is 13.7. The van der Waals surface area contributed by atoms with Crippen LogP contribution in [0.3, 0.4) is 0 Å². The number of carbonyl (C=O) groups is 2. The van der Waals surface area contributed by atoms with Crippen LogP contribution in [0.15, 0.2) is 30.3 Å². The fourth-order valence-corrected chi connectivity index (χ4v) is 5.61. The van der Waals surface area contributed by atoms with Crippen LogP contribution in [0.4, 0.5) is 0 Å². The van der Waals surface area contributed by atoms with Gasteiger partial charge in [0.05, 0.1) is 12.1 Å². The number of benzene rings is 1. The Balaban J connectivity index is 1.49. The summed E-state index contributed by atoms with van der Waals surface area (Å²) < 4.78 is 0. The maximum atomic E-state index is 13.2. The molecule has 4 rings (SSSR count). The smallest absolute Gasteiger partial charge is 0.243 e. The minimum atomic E-state index is -0.161. The largest absolute Gasteiger partial charge is 0.331 e. The van der Waals surface area contributed by atoms with Gasteiger partial charge in [-0.15, -0.1) is 0 Å². The van der Waals surface area contributed by atoms with E-state index >= 15 is 0 Å². The first kappa shape index (κ1) is 19.5. The molecule has 4 nitrogen and oxygen atoms in total. The zero-order valence-electron chi connectivity index (χ0n) is 17.1. The van der Waals surface area contributed by atoms with Gasteiger partial charge in [-0.1, -0.05) is 68.9 Å². The number of hydrogen-bond acceptors (Lipinski definition) is 2. The normalized spacial score (nSPS) is 23.2. The fourth-order valence-electron chi connectivity index (χ4n) is 5.61. The topological polar surface area (TPSA) is 40.6 Å². The molecule has 0 bridgehead atoms. The van der Waals surface area contributed by atoms with Gasteiger partial charge >= 0.3 is 0 Å². The van der Waals surface area contributed by atoms with E-state index in [0.717, 1.165) is 32.2 Å². The monoisotopic (exact) mass is 382 g/mol. The van der Waals surface area contributed by atoms with Crippen LogP contribution in [0.2, 0.25) is 0 Å². The van der Waals surface area contributed by atoms with Crippen molar-refractivity contribution in [1.82, 2.24) is 9.80 Å². The predicted molar refractivity (Wildman–Crippen MR) is 111 cm³/mol. The Morgan fingerprint density at radius 1 is 0.964 bits per heavy atom. The van der Waals surface area contributed by atoms with Crippen molar-refractivity contribution in [3.8, 4) is 0 Å². The summed E-state index contributed by atoms with van der Waals surface area (Å²) in [6.07, 6.45) is 12.4. The quantitative estimate of drug-likeness (QED) is 0.767. The summed E-state index contributed by atoms with van der Waals surface area (Å²) in [6.45, 7) is 1.67. The second-order valence-electron chi connectivity index (χ2n) is 9.21. The van der Waals surface area contributed by atoms with Crippen molar-refractivity contribution < 1.29 is 9.59 Å². The van der Waals surface area contributed by atoms with E-state index in [2.05, 4.69) is 17.0 Å². The van der Waals surface area contributed by atoms with Crippen LogP contribution in [0.25, 0.3) is 0 Å². The van der Waals surface area contributed by atoms with Crippen LogP contribution in [-0.4, -0.2) is 40.2 Å². The lowest BCUT2D eigenvalue weighted by molar-refractivity contribution is -0.158. The first-order valence-electron chi connectivity index (χ1n) is 11.3. The van der Waals surface area contributed by atoms with E-state index in [4.69, 9.17) is 0 Å². The van der Waals surface area contributed by atoms with Crippen LogP contribution < -0.4 is 0 Å². The number of rotatable bonds is 4.